The highest BCUT2D eigenvalue weighted by Crippen LogP contribution is 2.28. The van der Waals surface area contributed by atoms with E-state index in [1.807, 2.05) is 0 Å². The smallest absolute Gasteiger partial charge is 0.165 e. The van der Waals surface area contributed by atoms with Gasteiger partial charge >= 0.3 is 0 Å². The Morgan fingerprint density at radius 1 is 1.14 bits per heavy atom. The maximum absolute atomic E-state index is 14.2. The summed E-state index contributed by atoms with van der Waals surface area (Å²) in [5, 5.41) is 0.686. The van der Waals surface area contributed by atoms with Crippen LogP contribution in [0.5, 0.6) is 5.75 Å². The summed E-state index contributed by atoms with van der Waals surface area (Å²) in [6, 6.07) is 10.4. The molecule has 2 aromatic carbocycles. The second-order valence-corrected chi connectivity index (χ2v) is 4.75. The highest BCUT2D eigenvalue weighted by molar-refractivity contribution is 5.90. The largest absolute Gasteiger partial charge is 0.497 e. The molecule has 3 rings (SSSR count). The average Bonchev–Trinajstić information content (AvgIpc) is 2.49. The normalized spacial score (nSPS) is 10.8. The van der Waals surface area contributed by atoms with E-state index in [1.54, 1.807) is 50.4 Å². The van der Waals surface area contributed by atoms with Gasteiger partial charge < -0.3 is 10.5 Å². The number of aryl methyl sites for hydroxylation is 1. The van der Waals surface area contributed by atoms with Crippen LogP contribution in [0.25, 0.3) is 22.3 Å². The lowest BCUT2D eigenvalue weighted by Crippen LogP contribution is -2.00. The first-order valence-electron chi connectivity index (χ1n) is 6.47. The van der Waals surface area contributed by atoms with Crippen LogP contribution in [0.15, 0.2) is 36.4 Å². The van der Waals surface area contributed by atoms with Crippen LogP contribution in [0.1, 0.15) is 5.56 Å². The zero-order valence-corrected chi connectivity index (χ0v) is 11.7. The lowest BCUT2D eigenvalue weighted by atomic mass is 10.1. The lowest BCUT2D eigenvalue weighted by Gasteiger charge is -2.08. The Balaban J connectivity index is 2.23. The predicted molar refractivity (Wildman–Crippen MR) is 80.6 cm³/mol. The molecule has 0 aliphatic rings. The molecule has 0 radical (unpaired) electrons. The van der Waals surface area contributed by atoms with Gasteiger partial charge in [0.05, 0.1) is 18.2 Å². The van der Waals surface area contributed by atoms with Crippen molar-refractivity contribution in [3.8, 4) is 17.1 Å². The Bertz CT molecular complexity index is 833. The number of anilines is 1. The summed E-state index contributed by atoms with van der Waals surface area (Å²) < 4.78 is 19.4. The fraction of sp³-hybridized carbons (Fsp3) is 0.125. The fourth-order valence-corrected chi connectivity index (χ4v) is 2.20. The third-order valence-corrected chi connectivity index (χ3v) is 3.37. The Hall–Kier alpha value is -2.69. The molecule has 4 nitrogen and oxygen atoms in total. The molecule has 0 amide bonds. The first-order chi connectivity index (χ1) is 10.1. The second-order valence-electron chi connectivity index (χ2n) is 4.75. The summed E-state index contributed by atoms with van der Waals surface area (Å²) >= 11 is 0. The minimum Gasteiger partial charge on any atom is -0.497 e. The van der Waals surface area contributed by atoms with Gasteiger partial charge in [0.25, 0.3) is 0 Å². The predicted octanol–water partition coefficient (Wildman–Crippen LogP) is 3.34. The van der Waals surface area contributed by atoms with E-state index in [1.165, 1.54) is 0 Å². The Morgan fingerprint density at radius 3 is 2.71 bits per heavy atom. The average molecular weight is 283 g/mol. The van der Waals surface area contributed by atoms with Crippen LogP contribution in [0.4, 0.5) is 10.2 Å². The number of hydrogen-bond donors (Lipinski definition) is 1. The number of hydrogen-bond acceptors (Lipinski definition) is 4. The summed E-state index contributed by atoms with van der Waals surface area (Å²) in [6.45, 7) is 1.70. The molecule has 0 spiro atoms. The number of benzene rings is 2. The van der Waals surface area contributed by atoms with Crippen LogP contribution in [-0.4, -0.2) is 17.1 Å². The minimum absolute atomic E-state index is 0.284. The molecule has 106 valence electrons. The number of ether oxygens (including phenoxy) is 1. The van der Waals surface area contributed by atoms with Gasteiger partial charge in [-0.1, -0.05) is 12.1 Å². The number of nitrogens with zero attached hydrogens (tertiary/aromatic N) is 2. The molecule has 0 fully saturated rings. The van der Waals surface area contributed by atoms with Crippen molar-refractivity contribution in [1.82, 2.24) is 9.97 Å². The van der Waals surface area contributed by atoms with Crippen molar-refractivity contribution >= 4 is 16.7 Å². The Labute approximate surface area is 121 Å². The third-order valence-electron chi connectivity index (χ3n) is 3.37. The summed E-state index contributed by atoms with van der Waals surface area (Å²) in [4.78, 5) is 8.62. The van der Waals surface area contributed by atoms with E-state index in [0.29, 0.717) is 33.6 Å². The van der Waals surface area contributed by atoms with Crippen LogP contribution in [0, 0.1) is 12.7 Å². The second kappa shape index (κ2) is 5.01. The van der Waals surface area contributed by atoms with Gasteiger partial charge in [-0.05, 0) is 36.8 Å². The summed E-state index contributed by atoms with van der Waals surface area (Å²) in [7, 11) is 1.58. The quantitative estimate of drug-likeness (QED) is 0.783. The summed E-state index contributed by atoms with van der Waals surface area (Å²) in [6.07, 6.45) is 0. The number of nitrogen functional groups attached to an aromatic ring is 1. The van der Waals surface area contributed by atoms with Gasteiger partial charge in [0.15, 0.2) is 5.82 Å². The molecule has 0 saturated heterocycles. The topological polar surface area (TPSA) is 61.0 Å². The van der Waals surface area contributed by atoms with E-state index in [0.717, 1.165) is 0 Å². The molecule has 2 N–H and O–H groups in total. The molecule has 1 heterocycles. The molecule has 5 heteroatoms. The van der Waals surface area contributed by atoms with Crippen LogP contribution >= 0.6 is 0 Å². The zero-order chi connectivity index (χ0) is 15.0. The number of fused-ring (bicyclic) bond motifs is 1. The molecular weight excluding hydrogens is 269 g/mol. The number of aromatic nitrogens is 2. The fourth-order valence-electron chi connectivity index (χ4n) is 2.20. The van der Waals surface area contributed by atoms with Gasteiger partial charge in [0.1, 0.15) is 17.4 Å². The lowest BCUT2D eigenvalue weighted by molar-refractivity contribution is 0.415. The molecular formula is C16H14FN3O. The maximum atomic E-state index is 14.2. The van der Waals surface area contributed by atoms with Gasteiger partial charge in [-0.3, -0.25) is 0 Å². The highest BCUT2D eigenvalue weighted by atomic mass is 19.1. The molecule has 0 aliphatic carbocycles. The van der Waals surface area contributed by atoms with Crippen LogP contribution < -0.4 is 10.5 Å². The van der Waals surface area contributed by atoms with Crippen molar-refractivity contribution in [2.45, 2.75) is 6.92 Å². The Morgan fingerprint density at radius 2 is 1.95 bits per heavy atom. The van der Waals surface area contributed by atoms with Crippen LogP contribution in [0.2, 0.25) is 0 Å². The van der Waals surface area contributed by atoms with Crippen molar-refractivity contribution in [3.05, 3.63) is 47.8 Å². The van der Waals surface area contributed by atoms with E-state index >= 15 is 0 Å². The van der Waals surface area contributed by atoms with Gasteiger partial charge in [0.2, 0.25) is 0 Å². The maximum Gasteiger partial charge on any atom is 0.165 e. The monoisotopic (exact) mass is 283 g/mol. The van der Waals surface area contributed by atoms with Gasteiger partial charge in [-0.15, -0.1) is 0 Å². The molecule has 0 aliphatic heterocycles. The molecule has 0 saturated carbocycles. The number of halogens is 1. The van der Waals surface area contributed by atoms with Gasteiger partial charge in [-0.25, -0.2) is 14.4 Å². The minimum atomic E-state index is -0.329. The molecule has 1 aromatic heterocycles. The van der Waals surface area contributed by atoms with Crippen molar-refractivity contribution in [2.75, 3.05) is 12.8 Å². The van der Waals surface area contributed by atoms with E-state index in [9.17, 15) is 4.39 Å². The highest BCUT2D eigenvalue weighted by Gasteiger charge is 2.13. The first kappa shape index (κ1) is 13.3. The van der Waals surface area contributed by atoms with E-state index < -0.39 is 0 Å². The van der Waals surface area contributed by atoms with Crippen LogP contribution in [0.3, 0.4) is 0 Å². The molecule has 0 unspecified atom stereocenters. The van der Waals surface area contributed by atoms with Crippen molar-refractivity contribution in [2.24, 2.45) is 0 Å². The van der Waals surface area contributed by atoms with Crippen molar-refractivity contribution in [3.63, 3.8) is 0 Å². The van der Waals surface area contributed by atoms with Gasteiger partial charge in [0, 0.05) is 5.39 Å². The molecule has 0 atom stereocenters. The van der Waals surface area contributed by atoms with Gasteiger partial charge in [-0.2, -0.15) is 0 Å². The third kappa shape index (κ3) is 2.27. The Kier molecular flexibility index (Phi) is 3.17. The number of nitrogens with two attached hydrogens (primary N) is 1. The standard InChI is InChI=1S/C16H14FN3O/c1-9-4-3-5-11(14(9)17)16-19-13-7-6-10(21-2)8-12(13)15(18)20-16/h3-8H,1-2H3,(H2,18,19,20). The zero-order valence-electron chi connectivity index (χ0n) is 11.7. The number of methoxy groups -OCH3 is 1. The number of rotatable bonds is 2. The van der Waals surface area contributed by atoms with E-state index in [-0.39, 0.29) is 11.6 Å². The first-order valence-corrected chi connectivity index (χ1v) is 6.47. The summed E-state index contributed by atoms with van der Waals surface area (Å²) in [5.74, 6) is 0.929. The van der Waals surface area contributed by atoms with Crippen molar-refractivity contribution in [1.29, 1.82) is 0 Å². The van der Waals surface area contributed by atoms with Crippen LogP contribution in [-0.2, 0) is 0 Å². The molecule has 21 heavy (non-hydrogen) atoms. The summed E-state index contributed by atoms with van der Waals surface area (Å²) in [5.41, 5.74) is 7.52. The van der Waals surface area contributed by atoms with Crippen molar-refractivity contribution < 1.29 is 9.13 Å². The van der Waals surface area contributed by atoms with E-state index in [4.69, 9.17) is 10.5 Å². The molecule has 3 aromatic rings. The molecule has 0 bridgehead atoms. The van der Waals surface area contributed by atoms with E-state index in [2.05, 4.69) is 9.97 Å². The SMILES string of the molecule is COc1ccc2nc(-c3cccc(C)c3F)nc(N)c2c1.